The van der Waals surface area contributed by atoms with E-state index >= 15 is 0 Å². The van der Waals surface area contributed by atoms with Gasteiger partial charge in [-0.05, 0) is 39.3 Å². The summed E-state index contributed by atoms with van der Waals surface area (Å²) in [5.74, 6) is 0.0596. The molecule has 4 nitrogen and oxygen atoms in total. The second-order valence-electron chi connectivity index (χ2n) is 5.37. The van der Waals surface area contributed by atoms with E-state index in [4.69, 9.17) is 4.74 Å². The summed E-state index contributed by atoms with van der Waals surface area (Å²) in [6.07, 6.45) is 1.03. The molecule has 1 unspecified atom stereocenters. The minimum absolute atomic E-state index is 0.0596. The maximum atomic E-state index is 12.9. The van der Waals surface area contributed by atoms with E-state index in [1.807, 2.05) is 43.9 Å². The number of anilines is 1. The van der Waals surface area contributed by atoms with Crippen LogP contribution in [0.5, 0.6) is 0 Å². The highest BCUT2D eigenvalue weighted by atomic mass is 16.5. The Bertz CT molecular complexity index is 460. The molecule has 0 saturated carbocycles. The van der Waals surface area contributed by atoms with E-state index in [0.29, 0.717) is 13.2 Å². The third-order valence-corrected chi connectivity index (χ3v) is 3.51. The number of carbonyl (C=O) groups is 1. The van der Waals surface area contributed by atoms with Crippen LogP contribution in [0.4, 0.5) is 5.69 Å². The van der Waals surface area contributed by atoms with E-state index in [-0.39, 0.29) is 11.9 Å². The second-order valence-corrected chi connectivity index (χ2v) is 5.37. The molecule has 0 aromatic heterocycles. The van der Waals surface area contributed by atoms with Crippen molar-refractivity contribution in [2.75, 3.05) is 32.1 Å². The maximum absolute atomic E-state index is 12.9. The lowest BCUT2D eigenvalue weighted by Crippen LogP contribution is -2.41. The van der Waals surface area contributed by atoms with Crippen LogP contribution in [0.2, 0.25) is 0 Å². The van der Waals surface area contributed by atoms with Gasteiger partial charge in [0, 0.05) is 25.9 Å². The lowest BCUT2D eigenvalue weighted by atomic mass is 10.1. The summed E-state index contributed by atoms with van der Waals surface area (Å²) in [6, 6.07) is 6.05. The maximum Gasteiger partial charge on any atom is 0.256 e. The highest BCUT2D eigenvalue weighted by Gasteiger charge is 2.22. The molecule has 0 fully saturated rings. The van der Waals surface area contributed by atoms with Crippen molar-refractivity contribution in [3.8, 4) is 0 Å². The summed E-state index contributed by atoms with van der Waals surface area (Å²) in [4.78, 5) is 14.7. The number of amides is 1. The smallest absolute Gasteiger partial charge is 0.256 e. The predicted octanol–water partition coefficient (Wildman–Crippen LogP) is 3.31. The summed E-state index contributed by atoms with van der Waals surface area (Å²) in [5, 5.41) is 3.34. The molecular formula is C17H28N2O2. The van der Waals surface area contributed by atoms with Crippen LogP contribution >= 0.6 is 0 Å². The van der Waals surface area contributed by atoms with E-state index < -0.39 is 0 Å². The molecule has 0 bridgehead atoms. The van der Waals surface area contributed by atoms with E-state index in [1.165, 1.54) is 0 Å². The fourth-order valence-electron chi connectivity index (χ4n) is 2.39. The van der Waals surface area contributed by atoms with Gasteiger partial charge in [-0.15, -0.1) is 0 Å². The van der Waals surface area contributed by atoms with Gasteiger partial charge < -0.3 is 15.0 Å². The van der Waals surface area contributed by atoms with Crippen molar-refractivity contribution >= 4 is 11.6 Å². The van der Waals surface area contributed by atoms with Gasteiger partial charge in [-0.1, -0.05) is 18.6 Å². The number of likely N-dealkylation sites (N-methyl/N-ethyl adjacent to an activating group) is 1. The molecule has 0 saturated heterocycles. The molecule has 0 radical (unpaired) electrons. The summed E-state index contributed by atoms with van der Waals surface area (Å²) in [5.41, 5.74) is 2.75. The molecule has 0 aliphatic carbocycles. The summed E-state index contributed by atoms with van der Waals surface area (Å²) < 4.78 is 5.18. The average Bonchev–Trinajstić information content (AvgIpc) is 2.46. The van der Waals surface area contributed by atoms with Crippen molar-refractivity contribution in [2.45, 2.75) is 40.2 Å². The molecule has 0 aliphatic rings. The van der Waals surface area contributed by atoms with Crippen molar-refractivity contribution in [3.05, 3.63) is 29.3 Å². The summed E-state index contributed by atoms with van der Waals surface area (Å²) >= 11 is 0. The Labute approximate surface area is 128 Å². The first-order valence-electron chi connectivity index (χ1n) is 7.69. The number of hydrogen-bond donors (Lipinski definition) is 1. The van der Waals surface area contributed by atoms with Crippen molar-refractivity contribution < 1.29 is 9.53 Å². The standard InChI is InChI=1S/C17H28N2O2/c1-6-10-18-16-9-8-13(3)11-15(16)17(20)19(7-2)14(4)12-21-5/h8-9,11,14,18H,6-7,10,12H2,1-5H3. The molecule has 1 rings (SSSR count). The van der Waals surface area contributed by atoms with Crippen LogP contribution in [0.25, 0.3) is 0 Å². The van der Waals surface area contributed by atoms with Gasteiger partial charge in [-0.2, -0.15) is 0 Å². The number of aryl methyl sites for hydroxylation is 1. The van der Waals surface area contributed by atoms with E-state index in [9.17, 15) is 4.79 Å². The van der Waals surface area contributed by atoms with Crippen molar-refractivity contribution in [1.82, 2.24) is 4.90 Å². The minimum atomic E-state index is 0.0596. The largest absolute Gasteiger partial charge is 0.384 e. The Kier molecular flexibility index (Phi) is 7.23. The molecule has 21 heavy (non-hydrogen) atoms. The van der Waals surface area contributed by atoms with Crippen LogP contribution < -0.4 is 5.32 Å². The first kappa shape index (κ1) is 17.5. The molecule has 1 atom stereocenters. The Balaban J connectivity index is 3.05. The van der Waals surface area contributed by atoms with Crippen LogP contribution in [0.1, 0.15) is 43.1 Å². The van der Waals surface area contributed by atoms with Crippen LogP contribution in [-0.2, 0) is 4.74 Å². The minimum Gasteiger partial charge on any atom is -0.384 e. The monoisotopic (exact) mass is 292 g/mol. The van der Waals surface area contributed by atoms with Crippen molar-refractivity contribution in [1.29, 1.82) is 0 Å². The molecule has 1 N–H and O–H groups in total. The first-order chi connectivity index (χ1) is 10.0. The number of hydrogen-bond acceptors (Lipinski definition) is 3. The van der Waals surface area contributed by atoms with E-state index in [0.717, 1.165) is 29.8 Å². The number of nitrogens with one attached hydrogen (secondary N) is 1. The van der Waals surface area contributed by atoms with Gasteiger partial charge in [0.25, 0.3) is 5.91 Å². The highest BCUT2D eigenvalue weighted by molar-refractivity contribution is 6.00. The van der Waals surface area contributed by atoms with Gasteiger partial charge >= 0.3 is 0 Å². The first-order valence-corrected chi connectivity index (χ1v) is 7.69. The fraction of sp³-hybridized carbons (Fsp3) is 0.588. The Hall–Kier alpha value is -1.55. The van der Waals surface area contributed by atoms with Crippen LogP contribution in [0.15, 0.2) is 18.2 Å². The Morgan fingerprint density at radius 2 is 2.10 bits per heavy atom. The van der Waals surface area contributed by atoms with Crippen LogP contribution in [-0.4, -0.2) is 43.7 Å². The fourth-order valence-corrected chi connectivity index (χ4v) is 2.39. The zero-order valence-electron chi connectivity index (χ0n) is 13.9. The van der Waals surface area contributed by atoms with Gasteiger partial charge in [0.15, 0.2) is 0 Å². The molecular weight excluding hydrogens is 264 g/mol. The highest BCUT2D eigenvalue weighted by Crippen LogP contribution is 2.20. The quantitative estimate of drug-likeness (QED) is 0.799. The average molecular weight is 292 g/mol. The van der Waals surface area contributed by atoms with Gasteiger partial charge in [0.05, 0.1) is 18.2 Å². The Morgan fingerprint density at radius 1 is 1.38 bits per heavy atom. The molecule has 1 aromatic carbocycles. The molecule has 4 heteroatoms. The third kappa shape index (κ3) is 4.74. The van der Waals surface area contributed by atoms with Gasteiger partial charge in [0.2, 0.25) is 0 Å². The lowest BCUT2D eigenvalue weighted by Gasteiger charge is -2.28. The molecule has 0 aliphatic heterocycles. The third-order valence-electron chi connectivity index (χ3n) is 3.51. The van der Waals surface area contributed by atoms with Crippen molar-refractivity contribution in [2.24, 2.45) is 0 Å². The lowest BCUT2D eigenvalue weighted by molar-refractivity contribution is 0.0580. The van der Waals surface area contributed by atoms with Crippen LogP contribution in [0.3, 0.4) is 0 Å². The number of benzene rings is 1. The van der Waals surface area contributed by atoms with Gasteiger partial charge in [0.1, 0.15) is 0 Å². The van der Waals surface area contributed by atoms with Crippen LogP contribution in [0, 0.1) is 6.92 Å². The van der Waals surface area contributed by atoms with E-state index in [2.05, 4.69) is 12.2 Å². The normalized spacial score (nSPS) is 12.0. The van der Waals surface area contributed by atoms with E-state index in [1.54, 1.807) is 7.11 Å². The molecule has 0 heterocycles. The number of methoxy groups -OCH3 is 1. The van der Waals surface area contributed by atoms with Gasteiger partial charge in [-0.3, -0.25) is 4.79 Å². The SMILES string of the molecule is CCCNc1ccc(C)cc1C(=O)N(CC)C(C)COC. The topological polar surface area (TPSA) is 41.6 Å². The number of ether oxygens (including phenoxy) is 1. The number of nitrogens with zero attached hydrogens (tertiary/aromatic N) is 1. The number of rotatable bonds is 8. The zero-order chi connectivity index (χ0) is 15.8. The summed E-state index contributed by atoms with van der Waals surface area (Å²) in [7, 11) is 1.66. The second kappa shape index (κ2) is 8.67. The number of carbonyl (C=O) groups excluding carboxylic acids is 1. The molecule has 1 aromatic rings. The molecule has 0 spiro atoms. The van der Waals surface area contributed by atoms with Gasteiger partial charge in [-0.25, -0.2) is 0 Å². The molecule has 118 valence electrons. The zero-order valence-corrected chi connectivity index (χ0v) is 13.9. The van der Waals surface area contributed by atoms with Crippen molar-refractivity contribution in [3.63, 3.8) is 0 Å². The predicted molar refractivity (Wildman–Crippen MR) is 88.0 cm³/mol. The summed E-state index contributed by atoms with van der Waals surface area (Å²) in [6.45, 7) is 10.2. The Morgan fingerprint density at radius 3 is 2.67 bits per heavy atom. The molecule has 1 amide bonds.